The summed E-state index contributed by atoms with van der Waals surface area (Å²) in [5.41, 5.74) is 6.86. The molecule has 0 unspecified atom stereocenters. The maximum Gasteiger partial charge on any atom is 0.251 e. The number of nitrogens with one attached hydrogen (secondary N) is 1. The highest BCUT2D eigenvalue weighted by atomic mass is 19.1. The molecule has 4 rings (SSSR count). The molecule has 0 spiro atoms. The first-order valence-electron chi connectivity index (χ1n) is 8.83. The SMILES string of the molecule is [2H][C@@]1(c2ccc(-n3cc4cc(F)cc(C(N)=O)c4n3)cc2)CNCC[C@H]1F. The summed E-state index contributed by atoms with van der Waals surface area (Å²) >= 11 is 0. The summed E-state index contributed by atoms with van der Waals surface area (Å²) in [6.45, 7) is 0.818. The molecule has 1 saturated heterocycles. The first kappa shape index (κ1) is 15.5. The minimum atomic E-state index is -1.33. The van der Waals surface area contributed by atoms with Gasteiger partial charge in [-0.3, -0.25) is 4.79 Å². The standard InChI is InChI=1S/C19H18F2N4O/c20-13-7-12-10-25(24-18(12)15(8-13)19(22)26)14-3-1-11(2-4-14)16-9-23-6-5-17(16)21/h1-4,7-8,10,16-17,23H,5-6,9H2,(H2,22,26)/t16-,17+/m0/s1/i16D. The number of primary amides is 1. The number of carbonyl (C=O) groups is 1. The Hall–Kier alpha value is -2.80. The summed E-state index contributed by atoms with van der Waals surface area (Å²) < 4.78 is 38.0. The Kier molecular flexibility index (Phi) is 3.86. The maximum absolute atomic E-state index is 14.3. The molecule has 1 fully saturated rings. The average molecular weight is 357 g/mol. The summed E-state index contributed by atoms with van der Waals surface area (Å²) in [6, 6.07) is 9.18. The number of piperidine rings is 1. The Bertz CT molecular complexity index is 1020. The van der Waals surface area contributed by atoms with Gasteiger partial charge in [-0.1, -0.05) is 12.1 Å². The van der Waals surface area contributed by atoms with Crippen LogP contribution in [-0.4, -0.2) is 34.9 Å². The molecule has 3 N–H and O–H groups in total. The van der Waals surface area contributed by atoms with E-state index in [1.165, 1.54) is 10.7 Å². The van der Waals surface area contributed by atoms with Gasteiger partial charge in [-0.05, 0) is 42.8 Å². The lowest BCUT2D eigenvalue weighted by molar-refractivity contribution is 0.100. The van der Waals surface area contributed by atoms with Gasteiger partial charge < -0.3 is 11.1 Å². The number of nitrogens with two attached hydrogens (primary N) is 1. The number of nitrogens with zero attached hydrogens (tertiary/aromatic N) is 2. The topological polar surface area (TPSA) is 72.9 Å². The number of carbonyl (C=O) groups excluding carboxylic acids is 1. The molecule has 0 saturated carbocycles. The Morgan fingerprint density at radius 3 is 2.81 bits per heavy atom. The van der Waals surface area contributed by atoms with Crippen molar-refractivity contribution in [2.24, 2.45) is 5.73 Å². The smallest absolute Gasteiger partial charge is 0.251 e. The summed E-state index contributed by atoms with van der Waals surface area (Å²) in [6.07, 6.45) is 0.659. The van der Waals surface area contributed by atoms with Crippen LogP contribution in [0.5, 0.6) is 0 Å². The number of fused-ring (bicyclic) bond motifs is 1. The van der Waals surface area contributed by atoms with Crippen molar-refractivity contribution < 1.29 is 14.9 Å². The van der Waals surface area contributed by atoms with E-state index in [1.807, 2.05) is 0 Å². The predicted molar refractivity (Wildman–Crippen MR) is 94.7 cm³/mol. The van der Waals surface area contributed by atoms with Gasteiger partial charge in [0.05, 0.1) is 11.3 Å². The van der Waals surface area contributed by atoms with Crippen molar-refractivity contribution in [1.82, 2.24) is 15.1 Å². The third-order valence-corrected chi connectivity index (χ3v) is 4.61. The van der Waals surface area contributed by atoms with Crippen molar-refractivity contribution in [3.8, 4) is 5.69 Å². The minimum Gasteiger partial charge on any atom is -0.366 e. The largest absolute Gasteiger partial charge is 0.366 e. The molecule has 2 aromatic carbocycles. The van der Waals surface area contributed by atoms with E-state index in [2.05, 4.69) is 10.4 Å². The summed E-state index contributed by atoms with van der Waals surface area (Å²) in [4.78, 5) is 11.5. The Morgan fingerprint density at radius 1 is 1.35 bits per heavy atom. The molecule has 5 nitrogen and oxygen atoms in total. The first-order valence-corrected chi connectivity index (χ1v) is 8.33. The third-order valence-electron chi connectivity index (χ3n) is 4.61. The van der Waals surface area contributed by atoms with Crippen LogP contribution < -0.4 is 11.1 Å². The van der Waals surface area contributed by atoms with Crippen molar-refractivity contribution in [2.45, 2.75) is 18.5 Å². The van der Waals surface area contributed by atoms with E-state index in [0.29, 0.717) is 35.1 Å². The van der Waals surface area contributed by atoms with Crippen LogP contribution in [0.15, 0.2) is 42.6 Å². The highest BCUT2D eigenvalue weighted by Gasteiger charge is 2.25. The molecule has 1 aromatic heterocycles. The van der Waals surface area contributed by atoms with Crippen LogP contribution in [0.3, 0.4) is 0 Å². The molecule has 134 valence electrons. The third kappa shape index (κ3) is 2.94. The van der Waals surface area contributed by atoms with E-state index in [-0.39, 0.29) is 12.1 Å². The van der Waals surface area contributed by atoms with Gasteiger partial charge in [0.15, 0.2) is 0 Å². The number of halogens is 2. The number of alkyl halides is 1. The lowest BCUT2D eigenvalue weighted by Gasteiger charge is -2.27. The molecule has 0 bridgehead atoms. The van der Waals surface area contributed by atoms with E-state index in [9.17, 15) is 13.6 Å². The molecular weight excluding hydrogens is 338 g/mol. The van der Waals surface area contributed by atoms with E-state index >= 15 is 0 Å². The molecule has 0 aliphatic carbocycles. The maximum atomic E-state index is 14.3. The van der Waals surface area contributed by atoms with Crippen LogP contribution in [0, 0.1) is 5.82 Å². The molecule has 1 aliphatic rings. The van der Waals surface area contributed by atoms with Gasteiger partial charge in [0.1, 0.15) is 17.5 Å². The Balaban J connectivity index is 1.72. The number of benzene rings is 2. The van der Waals surface area contributed by atoms with Crippen LogP contribution in [0.4, 0.5) is 8.78 Å². The van der Waals surface area contributed by atoms with E-state index in [1.54, 1.807) is 30.5 Å². The molecule has 1 amide bonds. The first-order chi connectivity index (χ1) is 12.9. The van der Waals surface area contributed by atoms with Crippen LogP contribution in [0.1, 0.15) is 29.6 Å². The highest BCUT2D eigenvalue weighted by Crippen LogP contribution is 2.27. The number of hydrogen-bond acceptors (Lipinski definition) is 3. The number of amides is 1. The fourth-order valence-electron chi connectivity index (χ4n) is 3.27. The Morgan fingerprint density at radius 2 is 2.12 bits per heavy atom. The minimum absolute atomic E-state index is 0.0130. The van der Waals surface area contributed by atoms with Gasteiger partial charge in [0.2, 0.25) is 0 Å². The molecule has 1 aliphatic heterocycles. The molecule has 2 atom stereocenters. The fraction of sp³-hybridized carbons (Fsp3) is 0.263. The van der Waals surface area contributed by atoms with Gasteiger partial charge in [-0.2, -0.15) is 5.10 Å². The normalized spacial score (nSPS) is 23.8. The second-order valence-corrected chi connectivity index (χ2v) is 6.33. The van der Waals surface area contributed by atoms with Gasteiger partial charge in [0, 0.05) is 25.4 Å². The molecular formula is C19H18F2N4O. The van der Waals surface area contributed by atoms with Crippen LogP contribution in [-0.2, 0) is 0 Å². The average Bonchev–Trinajstić information content (AvgIpc) is 3.07. The predicted octanol–water partition coefficient (Wildman–Crippen LogP) is 2.68. The zero-order valence-corrected chi connectivity index (χ0v) is 13.9. The number of hydrogen-bond donors (Lipinski definition) is 2. The Labute approximate surface area is 150 Å². The highest BCUT2D eigenvalue weighted by molar-refractivity contribution is 6.04. The van der Waals surface area contributed by atoms with Gasteiger partial charge in [0.25, 0.3) is 5.91 Å². The van der Waals surface area contributed by atoms with E-state index < -0.39 is 23.8 Å². The molecule has 0 radical (unpaired) electrons. The zero-order chi connectivity index (χ0) is 19.2. The van der Waals surface area contributed by atoms with Crippen molar-refractivity contribution in [3.63, 3.8) is 0 Å². The molecule has 2 heterocycles. The second-order valence-electron chi connectivity index (χ2n) is 6.33. The van der Waals surface area contributed by atoms with Crippen molar-refractivity contribution in [1.29, 1.82) is 0 Å². The lowest BCUT2D eigenvalue weighted by Crippen LogP contribution is -2.36. The monoisotopic (exact) mass is 357 g/mol. The van der Waals surface area contributed by atoms with Gasteiger partial charge in [-0.15, -0.1) is 0 Å². The second kappa shape index (κ2) is 6.49. The summed E-state index contributed by atoms with van der Waals surface area (Å²) in [7, 11) is 0. The van der Waals surface area contributed by atoms with Crippen LogP contribution in [0.2, 0.25) is 0 Å². The quantitative estimate of drug-likeness (QED) is 0.757. The molecule has 26 heavy (non-hydrogen) atoms. The molecule has 3 aromatic rings. The van der Waals surface area contributed by atoms with Gasteiger partial charge >= 0.3 is 0 Å². The van der Waals surface area contributed by atoms with Crippen molar-refractivity contribution in [2.75, 3.05) is 13.1 Å². The van der Waals surface area contributed by atoms with Crippen LogP contribution in [0.25, 0.3) is 16.6 Å². The van der Waals surface area contributed by atoms with E-state index in [4.69, 9.17) is 7.10 Å². The molecule has 7 heteroatoms. The lowest BCUT2D eigenvalue weighted by atomic mass is 9.90. The number of rotatable bonds is 3. The number of aromatic nitrogens is 2. The van der Waals surface area contributed by atoms with Gasteiger partial charge in [-0.25, -0.2) is 13.5 Å². The summed E-state index contributed by atoms with van der Waals surface area (Å²) in [5.74, 6) is -2.65. The zero-order valence-electron chi connectivity index (χ0n) is 14.9. The van der Waals surface area contributed by atoms with Crippen molar-refractivity contribution >= 4 is 16.8 Å². The summed E-state index contributed by atoms with van der Waals surface area (Å²) in [5, 5.41) is 7.85. The fourth-order valence-corrected chi connectivity index (χ4v) is 3.27. The van der Waals surface area contributed by atoms with E-state index in [0.717, 1.165) is 6.07 Å². The van der Waals surface area contributed by atoms with Crippen molar-refractivity contribution in [3.05, 3.63) is 59.5 Å². The van der Waals surface area contributed by atoms with Crippen LogP contribution >= 0.6 is 0 Å².